The molecule has 0 amide bonds. The predicted molar refractivity (Wildman–Crippen MR) is 67.4 cm³/mol. The Morgan fingerprint density at radius 2 is 2.24 bits per heavy atom. The number of rotatable bonds is 4. The van der Waals surface area contributed by atoms with Crippen LogP contribution in [0.5, 0.6) is 0 Å². The second kappa shape index (κ2) is 5.31. The van der Waals surface area contributed by atoms with E-state index in [1.165, 1.54) is 0 Å². The largest absolute Gasteiger partial charge is 0.271 e. The average Bonchev–Trinajstić information content (AvgIpc) is 2.72. The lowest BCUT2D eigenvalue weighted by molar-refractivity contribution is 0.531. The van der Waals surface area contributed by atoms with Gasteiger partial charge in [-0.3, -0.25) is 11.3 Å². The molecule has 2 rings (SSSR count). The number of aryl methyl sites for hydroxylation is 2. The Labute approximate surface area is 104 Å². The Morgan fingerprint density at radius 1 is 1.41 bits per heavy atom. The fourth-order valence-corrected chi connectivity index (χ4v) is 2.25. The molecule has 0 radical (unpaired) electrons. The maximum absolute atomic E-state index is 5.57. The molecule has 1 atom stereocenters. The Bertz CT molecular complexity index is 496. The number of hydrogen-bond donors (Lipinski definition) is 2. The standard InChI is InChI=1S/C11H15N5S/c1-7-13-4-3-10(14-7)11(16-12)5-9-6-17-8(2)15-9/h3-4,6,11,16H,5,12H2,1-2H3. The molecule has 0 bridgehead atoms. The molecule has 0 spiro atoms. The van der Waals surface area contributed by atoms with Crippen LogP contribution >= 0.6 is 11.3 Å². The van der Waals surface area contributed by atoms with E-state index in [9.17, 15) is 0 Å². The van der Waals surface area contributed by atoms with Crippen LogP contribution in [0.25, 0.3) is 0 Å². The van der Waals surface area contributed by atoms with Gasteiger partial charge in [0.05, 0.1) is 22.4 Å². The summed E-state index contributed by atoms with van der Waals surface area (Å²) in [6, 6.07) is 1.84. The van der Waals surface area contributed by atoms with Crippen molar-refractivity contribution in [3.05, 3.63) is 39.9 Å². The van der Waals surface area contributed by atoms with Crippen molar-refractivity contribution in [2.24, 2.45) is 5.84 Å². The summed E-state index contributed by atoms with van der Waals surface area (Å²) in [5.41, 5.74) is 4.71. The highest BCUT2D eigenvalue weighted by Crippen LogP contribution is 2.17. The summed E-state index contributed by atoms with van der Waals surface area (Å²) in [5, 5.41) is 3.11. The minimum absolute atomic E-state index is 0.0294. The molecule has 6 heteroatoms. The Morgan fingerprint density at radius 3 is 2.82 bits per heavy atom. The van der Waals surface area contributed by atoms with Gasteiger partial charge < -0.3 is 0 Å². The first-order chi connectivity index (χ1) is 8.19. The van der Waals surface area contributed by atoms with Crippen LogP contribution in [-0.4, -0.2) is 15.0 Å². The van der Waals surface area contributed by atoms with Gasteiger partial charge in [-0.1, -0.05) is 0 Å². The first-order valence-electron chi connectivity index (χ1n) is 5.35. The smallest absolute Gasteiger partial charge is 0.125 e. The van der Waals surface area contributed by atoms with E-state index in [0.717, 1.165) is 28.6 Å². The fraction of sp³-hybridized carbons (Fsp3) is 0.364. The highest BCUT2D eigenvalue weighted by Gasteiger charge is 2.13. The zero-order valence-corrected chi connectivity index (χ0v) is 10.7. The van der Waals surface area contributed by atoms with Gasteiger partial charge in [0.1, 0.15) is 5.82 Å². The first-order valence-corrected chi connectivity index (χ1v) is 6.23. The molecule has 2 aromatic rings. The zero-order chi connectivity index (χ0) is 12.3. The Kier molecular flexibility index (Phi) is 3.78. The number of nitrogens with zero attached hydrogens (tertiary/aromatic N) is 3. The lowest BCUT2D eigenvalue weighted by Crippen LogP contribution is -2.30. The van der Waals surface area contributed by atoms with Crippen LogP contribution in [0.2, 0.25) is 0 Å². The van der Waals surface area contributed by atoms with Crippen molar-refractivity contribution < 1.29 is 0 Å². The normalized spacial score (nSPS) is 12.6. The summed E-state index contributed by atoms with van der Waals surface area (Å²) in [6.45, 7) is 3.86. The van der Waals surface area contributed by atoms with Gasteiger partial charge in [-0.2, -0.15) is 0 Å². The van der Waals surface area contributed by atoms with Crippen molar-refractivity contribution in [1.82, 2.24) is 20.4 Å². The van der Waals surface area contributed by atoms with Crippen LogP contribution in [0.4, 0.5) is 0 Å². The highest BCUT2D eigenvalue weighted by molar-refractivity contribution is 7.09. The molecule has 0 aliphatic rings. The lowest BCUT2D eigenvalue weighted by Gasteiger charge is -2.14. The number of nitrogens with two attached hydrogens (primary N) is 1. The summed E-state index contributed by atoms with van der Waals surface area (Å²) >= 11 is 1.64. The molecule has 1 unspecified atom stereocenters. The molecule has 0 aromatic carbocycles. The third-order valence-electron chi connectivity index (χ3n) is 2.44. The van der Waals surface area contributed by atoms with Crippen LogP contribution < -0.4 is 11.3 Å². The first kappa shape index (κ1) is 12.1. The fourth-order valence-electron chi connectivity index (χ4n) is 1.63. The zero-order valence-electron chi connectivity index (χ0n) is 9.84. The lowest BCUT2D eigenvalue weighted by atomic mass is 10.1. The third kappa shape index (κ3) is 3.06. The minimum Gasteiger partial charge on any atom is -0.271 e. The van der Waals surface area contributed by atoms with E-state index in [-0.39, 0.29) is 6.04 Å². The molecule has 17 heavy (non-hydrogen) atoms. The van der Waals surface area contributed by atoms with Crippen molar-refractivity contribution in [2.75, 3.05) is 0 Å². The van der Waals surface area contributed by atoms with Crippen LogP contribution in [0.15, 0.2) is 17.6 Å². The Hall–Kier alpha value is -1.37. The van der Waals surface area contributed by atoms with Gasteiger partial charge in [0.2, 0.25) is 0 Å². The van der Waals surface area contributed by atoms with Gasteiger partial charge in [-0.15, -0.1) is 11.3 Å². The predicted octanol–water partition coefficient (Wildman–Crippen LogP) is 1.30. The van der Waals surface area contributed by atoms with E-state index in [4.69, 9.17) is 5.84 Å². The summed E-state index contributed by atoms with van der Waals surface area (Å²) < 4.78 is 0. The third-order valence-corrected chi connectivity index (χ3v) is 3.26. The second-order valence-corrected chi connectivity index (χ2v) is 4.87. The molecule has 5 nitrogen and oxygen atoms in total. The maximum Gasteiger partial charge on any atom is 0.125 e. The highest BCUT2D eigenvalue weighted by atomic mass is 32.1. The van der Waals surface area contributed by atoms with Crippen LogP contribution in [0.3, 0.4) is 0 Å². The molecule has 2 heterocycles. The SMILES string of the molecule is Cc1nccc(C(Cc2csc(C)n2)NN)n1. The van der Waals surface area contributed by atoms with Crippen molar-refractivity contribution in [1.29, 1.82) is 0 Å². The molecule has 90 valence electrons. The van der Waals surface area contributed by atoms with E-state index in [1.807, 2.05) is 25.3 Å². The monoisotopic (exact) mass is 249 g/mol. The minimum atomic E-state index is -0.0294. The van der Waals surface area contributed by atoms with Gasteiger partial charge in [-0.25, -0.2) is 15.0 Å². The molecule has 0 fully saturated rings. The van der Waals surface area contributed by atoms with Crippen LogP contribution in [0.1, 0.15) is 28.3 Å². The molecule has 3 N–H and O–H groups in total. The number of thiazole rings is 1. The molecule has 0 saturated carbocycles. The summed E-state index contributed by atoms with van der Waals surface area (Å²) in [5.74, 6) is 6.32. The van der Waals surface area contributed by atoms with Gasteiger partial charge in [0.25, 0.3) is 0 Å². The molecule has 0 aliphatic heterocycles. The molecule has 0 saturated heterocycles. The summed E-state index contributed by atoms with van der Waals surface area (Å²) in [7, 11) is 0. The van der Waals surface area contributed by atoms with E-state index in [1.54, 1.807) is 17.5 Å². The molecule has 0 aliphatic carbocycles. The summed E-state index contributed by atoms with van der Waals surface area (Å²) in [4.78, 5) is 12.9. The van der Waals surface area contributed by atoms with Crippen molar-refractivity contribution in [2.45, 2.75) is 26.3 Å². The number of nitrogens with one attached hydrogen (secondary N) is 1. The maximum atomic E-state index is 5.57. The van der Waals surface area contributed by atoms with E-state index < -0.39 is 0 Å². The quantitative estimate of drug-likeness (QED) is 0.631. The van der Waals surface area contributed by atoms with E-state index in [2.05, 4.69) is 20.4 Å². The summed E-state index contributed by atoms with van der Waals surface area (Å²) in [6.07, 6.45) is 2.48. The van der Waals surface area contributed by atoms with E-state index in [0.29, 0.717) is 0 Å². The van der Waals surface area contributed by atoms with E-state index >= 15 is 0 Å². The van der Waals surface area contributed by atoms with Gasteiger partial charge >= 0.3 is 0 Å². The van der Waals surface area contributed by atoms with Crippen molar-refractivity contribution >= 4 is 11.3 Å². The Balaban J connectivity index is 2.16. The van der Waals surface area contributed by atoms with Crippen molar-refractivity contribution in [3.63, 3.8) is 0 Å². The topological polar surface area (TPSA) is 76.7 Å². The molecular weight excluding hydrogens is 234 g/mol. The number of hydrogen-bond acceptors (Lipinski definition) is 6. The van der Waals surface area contributed by atoms with Gasteiger partial charge in [-0.05, 0) is 19.9 Å². The van der Waals surface area contributed by atoms with Gasteiger partial charge in [0, 0.05) is 18.0 Å². The molecular formula is C11H15N5S. The second-order valence-electron chi connectivity index (χ2n) is 3.81. The van der Waals surface area contributed by atoms with Crippen LogP contribution in [-0.2, 0) is 6.42 Å². The van der Waals surface area contributed by atoms with Gasteiger partial charge in [0.15, 0.2) is 0 Å². The number of hydrazine groups is 1. The van der Waals surface area contributed by atoms with Crippen molar-refractivity contribution in [3.8, 4) is 0 Å². The average molecular weight is 249 g/mol. The molecule has 2 aromatic heterocycles. The van der Waals surface area contributed by atoms with Crippen LogP contribution in [0, 0.1) is 13.8 Å². The number of aromatic nitrogens is 3.